The molecule has 0 aliphatic heterocycles. The maximum absolute atomic E-state index is 12.0. The van der Waals surface area contributed by atoms with Crippen LogP contribution in [-0.2, 0) is 4.74 Å². The fraction of sp³-hybridized carbons (Fsp3) is 0.571. The minimum Gasteiger partial charge on any atom is -0.435 e. The molecule has 1 unspecified atom stereocenters. The Morgan fingerprint density at radius 2 is 1.90 bits per heavy atom. The molecular formula is C14H21F2NO3. The van der Waals surface area contributed by atoms with E-state index in [1.54, 1.807) is 12.1 Å². The van der Waals surface area contributed by atoms with Crippen molar-refractivity contribution >= 4 is 0 Å². The summed E-state index contributed by atoms with van der Waals surface area (Å²) in [6.45, 7) is 0.981. The van der Waals surface area contributed by atoms with Crippen molar-refractivity contribution in [2.24, 2.45) is 0 Å². The Labute approximate surface area is 117 Å². The summed E-state index contributed by atoms with van der Waals surface area (Å²) in [5.74, 6) is 0.161. The number of alkyl halides is 2. The third-order valence-electron chi connectivity index (χ3n) is 2.76. The molecule has 4 nitrogen and oxygen atoms in total. The minimum absolute atomic E-state index is 0.0386. The highest BCUT2D eigenvalue weighted by molar-refractivity contribution is 5.28. The lowest BCUT2D eigenvalue weighted by molar-refractivity contribution is -0.0498. The van der Waals surface area contributed by atoms with Crippen molar-refractivity contribution in [1.29, 1.82) is 0 Å². The monoisotopic (exact) mass is 289 g/mol. The van der Waals surface area contributed by atoms with E-state index in [-0.39, 0.29) is 18.4 Å². The van der Waals surface area contributed by atoms with Crippen LogP contribution in [0.4, 0.5) is 8.78 Å². The fourth-order valence-corrected chi connectivity index (χ4v) is 1.72. The molecule has 0 saturated heterocycles. The molecule has 1 atom stereocenters. The van der Waals surface area contributed by atoms with Crippen LogP contribution in [0.15, 0.2) is 24.3 Å². The van der Waals surface area contributed by atoms with E-state index in [0.29, 0.717) is 13.2 Å². The molecule has 0 heterocycles. The van der Waals surface area contributed by atoms with Crippen LogP contribution in [0.25, 0.3) is 0 Å². The van der Waals surface area contributed by atoms with Gasteiger partial charge in [-0.05, 0) is 37.6 Å². The van der Waals surface area contributed by atoms with Gasteiger partial charge in [0.15, 0.2) is 0 Å². The van der Waals surface area contributed by atoms with E-state index < -0.39 is 6.61 Å². The molecule has 1 aromatic rings. The smallest absolute Gasteiger partial charge is 0.387 e. The van der Waals surface area contributed by atoms with Gasteiger partial charge in [-0.3, -0.25) is 0 Å². The summed E-state index contributed by atoms with van der Waals surface area (Å²) in [7, 11) is 0. The lowest BCUT2D eigenvalue weighted by Gasteiger charge is -2.15. The molecule has 0 fully saturated rings. The lowest BCUT2D eigenvalue weighted by Crippen LogP contribution is -2.21. The highest BCUT2D eigenvalue weighted by Crippen LogP contribution is 2.18. The van der Waals surface area contributed by atoms with Crippen LogP contribution in [0, 0.1) is 0 Å². The summed E-state index contributed by atoms with van der Waals surface area (Å²) in [6.07, 6.45) is 0.844. The first kappa shape index (κ1) is 16.8. The zero-order valence-electron chi connectivity index (χ0n) is 11.5. The SMILES string of the molecule is CC(NCCCOCCO)c1ccc(OC(F)F)cc1. The molecule has 0 saturated carbocycles. The van der Waals surface area contributed by atoms with E-state index >= 15 is 0 Å². The second-order valence-corrected chi connectivity index (χ2v) is 4.31. The Kier molecular flexibility index (Phi) is 8.10. The molecule has 0 aromatic heterocycles. The number of nitrogens with one attached hydrogen (secondary N) is 1. The van der Waals surface area contributed by atoms with E-state index in [1.165, 1.54) is 12.1 Å². The van der Waals surface area contributed by atoms with Gasteiger partial charge >= 0.3 is 6.61 Å². The van der Waals surface area contributed by atoms with Gasteiger partial charge in [-0.15, -0.1) is 0 Å². The zero-order chi connectivity index (χ0) is 14.8. The molecule has 1 rings (SSSR count). The predicted octanol–water partition coefficient (Wildman–Crippen LogP) is 2.34. The number of aliphatic hydroxyl groups excluding tert-OH is 1. The summed E-state index contributed by atoms with van der Waals surface area (Å²) in [6, 6.07) is 6.71. The summed E-state index contributed by atoms with van der Waals surface area (Å²) in [5.41, 5.74) is 1.00. The number of ether oxygens (including phenoxy) is 2. The van der Waals surface area contributed by atoms with Crippen molar-refractivity contribution in [3.8, 4) is 5.75 Å². The predicted molar refractivity (Wildman–Crippen MR) is 72.0 cm³/mol. The van der Waals surface area contributed by atoms with Crippen LogP contribution in [0.2, 0.25) is 0 Å². The Hall–Kier alpha value is -1.24. The maximum Gasteiger partial charge on any atom is 0.387 e. The third kappa shape index (κ3) is 6.79. The number of hydrogen-bond donors (Lipinski definition) is 2. The molecule has 2 N–H and O–H groups in total. The van der Waals surface area contributed by atoms with Gasteiger partial charge < -0.3 is 19.9 Å². The van der Waals surface area contributed by atoms with E-state index in [9.17, 15) is 8.78 Å². The maximum atomic E-state index is 12.0. The van der Waals surface area contributed by atoms with Crippen molar-refractivity contribution in [2.75, 3.05) is 26.4 Å². The standard InChI is InChI=1S/C14H21F2NO3/c1-11(17-7-2-9-19-10-8-18)12-3-5-13(6-4-12)20-14(15)16/h3-6,11,14,17-18H,2,7-10H2,1H3. The van der Waals surface area contributed by atoms with Gasteiger partial charge in [0.05, 0.1) is 13.2 Å². The van der Waals surface area contributed by atoms with Gasteiger partial charge in [-0.25, -0.2) is 0 Å². The second-order valence-electron chi connectivity index (χ2n) is 4.31. The summed E-state index contributed by atoms with van der Waals surface area (Å²) >= 11 is 0. The van der Waals surface area contributed by atoms with Crippen LogP contribution >= 0.6 is 0 Å². The summed E-state index contributed by atoms with van der Waals surface area (Å²) in [4.78, 5) is 0. The van der Waals surface area contributed by atoms with E-state index in [2.05, 4.69) is 10.1 Å². The van der Waals surface area contributed by atoms with Crippen LogP contribution in [-0.4, -0.2) is 38.1 Å². The lowest BCUT2D eigenvalue weighted by atomic mass is 10.1. The minimum atomic E-state index is -2.80. The van der Waals surface area contributed by atoms with Crippen LogP contribution < -0.4 is 10.1 Å². The first-order chi connectivity index (χ1) is 9.63. The molecule has 0 bridgehead atoms. The molecule has 1 aromatic carbocycles. The average molecular weight is 289 g/mol. The number of benzene rings is 1. The average Bonchev–Trinajstić information content (AvgIpc) is 2.42. The van der Waals surface area contributed by atoms with Crippen molar-refractivity contribution in [2.45, 2.75) is 26.0 Å². The van der Waals surface area contributed by atoms with Crippen molar-refractivity contribution in [1.82, 2.24) is 5.32 Å². The Morgan fingerprint density at radius 3 is 2.50 bits per heavy atom. The Bertz CT molecular complexity index is 360. The molecule has 0 amide bonds. The first-order valence-electron chi connectivity index (χ1n) is 6.60. The van der Waals surface area contributed by atoms with Crippen molar-refractivity contribution in [3.05, 3.63) is 29.8 Å². The molecule has 0 aliphatic rings. The molecule has 6 heteroatoms. The van der Waals surface area contributed by atoms with Gasteiger partial charge in [0, 0.05) is 12.6 Å². The first-order valence-corrected chi connectivity index (χ1v) is 6.60. The summed E-state index contributed by atoms with van der Waals surface area (Å²) < 4.78 is 33.5. The molecular weight excluding hydrogens is 268 g/mol. The third-order valence-corrected chi connectivity index (χ3v) is 2.76. The van der Waals surface area contributed by atoms with Crippen molar-refractivity contribution in [3.63, 3.8) is 0 Å². The van der Waals surface area contributed by atoms with Crippen LogP contribution in [0.1, 0.15) is 24.9 Å². The zero-order valence-corrected chi connectivity index (χ0v) is 11.5. The van der Waals surface area contributed by atoms with Gasteiger partial charge in [0.25, 0.3) is 0 Å². The number of halogens is 2. The molecule has 0 aliphatic carbocycles. The molecule has 0 radical (unpaired) electrons. The number of hydrogen-bond acceptors (Lipinski definition) is 4. The molecule has 0 spiro atoms. The Morgan fingerprint density at radius 1 is 1.20 bits per heavy atom. The largest absolute Gasteiger partial charge is 0.435 e. The highest BCUT2D eigenvalue weighted by atomic mass is 19.3. The van der Waals surface area contributed by atoms with Crippen LogP contribution in [0.3, 0.4) is 0 Å². The van der Waals surface area contributed by atoms with E-state index in [1.807, 2.05) is 6.92 Å². The van der Waals surface area contributed by atoms with E-state index in [4.69, 9.17) is 9.84 Å². The normalized spacial score (nSPS) is 12.7. The van der Waals surface area contributed by atoms with E-state index in [0.717, 1.165) is 18.5 Å². The highest BCUT2D eigenvalue weighted by Gasteiger charge is 2.07. The number of rotatable bonds is 10. The van der Waals surface area contributed by atoms with Gasteiger partial charge in [0.2, 0.25) is 0 Å². The quantitative estimate of drug-likeness (QED) is 0.649. The van der Waals surface area contributed by atoms with Gasteiger partial charge in [-0.1, -0.05) is 12.1 Å². The van der Waals surface area contributed by atoms with Crippen LogP contribution in [0.5, 0.6) is 5.75 Å². The topological polar surface area (TPSA) is 50.7 Å². The van der Waals surface area contributed by atoms with Crippen molar-refractivity contribution < 1.29 is 23.4 Å². The fourth-order valence-electron chi connectivity index (χ4n) is 1.72. The number of aliphatic hydroxyl groups is 1. The summed E-state index contributed by atoms with van der Waals surface area (Å²) in [5, 5.41) is 11.8. The second kappa shape index (κ2) is 9.63. The Balaban J connectivity index is 2.27. The van der Waals surface area contributed by atoms with Gasteiger partial charge in [-0.2, -0.15) is 8.78 Å². The van der Waals surface area contributed by atoms with Gasteiger partial charge in [0.1, 0.15) is 5.75 Å². The molecule has 20 heavy (non-hydrogen) atoms. The molecule has 114 valence electrons.